The number of anilines is 1. The van der Waals surface area contributed by atoms with E-state index >= 15 is 0 Å². The van der Waals surface area contributed by atoms with E-state index in [1.165, 1.54) is 24.5 Å². The maximum Gasteiger partial charge on any atom is 0.416 e. The molecule has 0 atom stereocenters. The van der Waals surface area contributed by atoms with Gasteiger partial charge in [0.15, 0.2) is 0 Å². The maximum absolute atomic E-state index is 12.8. The van der Waals surface area contributed by atoms with Crippen molar-refractivity contribution in [3.8, 4) is 34.5 Å². The van der Waals surface area contributed by atoms with Crippen LogP contribution in [0.2, 0.25) is 0 Å². The Morgan fingerprint density at radius 1 is 1.00 bits per heavy atom. The van der Waals surface area contributed by atoms with E-state index in [1.807, 2.05) is 12.1 Å². The summed E-state index contributed by atoms with van der Waals surface area (Å²) in [4.78, 5) is 4.09. The lowest BCUT2D eigenvalue weighted by Gasteiger charge is -2.13. The van der Waals surface area contributed by atoms with Gasteiger partial charge in [-0.05, 0) is 17.7 Å². The van der Waals surface area contributed by atoms with Crippen LogP contribution in [-0.2, 0) is 6.18 Å². The number of pyridine rings is 1. The van der Waals surface area contributed by atoms with Crippen molar-refractivity contribution < 1.29 is 13.2 Å². The van der Waals surface area contributed by atoms with Gasteiger partial charge in [-0.1, -0.05) is 12.1 Å². The standard InChI is InChI=1S/C17H9F3N6/c18-17(19,20)11-3-1-9(2-4-11)14-12(5-21)15(10-7-24-25-8-10)26-16(23)13(14)6-22/h1-4,7-8H,(H2,23,26)(H,24,25). The van der Waals surface area contributed by atoms with Crippen LogP contribution < -0.4 is 5.73 Å². The summed E-state index contributed by atoms with van der Waals surface area (Å²) in [5, 5.41) is 25.4. The molecule has 3 N–H and O–H groups in total. The van der Waals surface area contributed by atoms with Crippen molar-refractivity contribution in [2.75, 3.05) is 5.73 Å². The number of nitrogens with one attached hydrogen (secondary N) is 1. The van der Waals surface area contributed by atoms with Gasteiger partial charge in [0, 0.05) is 17.3 Å². The second kappa shape index (κ2) is 6.22. The summed E-state index contributed by atoms with van der Waals surface area (Å²) in [6.45, 7) is 0. The molecule has 0 aliphatic heterocycles. The molecule has 6 nitrogen and oxygen atoms in total. The van der Waals surface area contributed by atoms with Crippen LogP contribution in [0.1, 0.15) is 16.7 Å². The van der Waals surface area contributed by atoms with Crippen LogP contribution in [0.3, 0.4) is 0 Å². The van der Waals surface area contributed by atoms with Crippen LogP contribution in [0.4, 0.5) is 19.0 Å². The zero-order chi connectivity index (χ0) is 18.9. The molecule has 1 aromatic carbocycles. The number of nitrogens with zero attached hydrogens (tertiary/aromatic N) is 4. The predicted molar refractivity (Wildman–Crippen MR) is 86.1 cm³/mol. The van der Waals surface area contributed by atoms with Crippen molar-refractivity contribution in [2.45, 2.75) is 6.18 Å². The number of nitrogen functional groups attached to an aromatic ring is 1. The number of aromatic amines is 1. The van der Waals surface area contributed by atoms with E-state index in [0.717, 1.165) is 12.1 Å². The summed E-state index contributed by atoms with van der Waals surface area (Å²) in [7, 11) is 0. The summed E-state index contributed by atoms with van der Waals surface area (Å²) >= 11 is 0. The van der Waals surface area contributed by atoms with Crippen molar-refractivity contribution in [3.05, 3.63) is 53.3 Å². The topological polar surface area (TPSA) is 115 Å². The highest BCUT2D eigenvalue weighted by molar-refractivity contribution is 5.86. The van der Waals surface area contributed by atoms with Gasteiger partial charge in [0.2, 0.25) is 0 Å². The van der Waals surface area contributed by atoms with E-state index in [1.54, 1.807) is 0 Å². The Labute approximate surface area is 145 Å². The molecule has 0 aliphatic carbocycles. The van der Waals surface area contributed by atoms with Gasteiger partial charge < -0.3 is 5.73 Å². The first-order valence-electron chi connectivity index (χ1n) is 7.17. The Morgan fingerprint density at radius 2 is 1.65 bits per heavy atom. The van der Waals surface area contributed by atoms with Crippen LogP contribution >= 0.6 is 0 Å². The summed E-state index contributed by atoms with van der Waals surface area (Å²) < 4.78 is 38.3. The van der Waals surface area contributed by atoms with Gasteiger partial charge in [0.25, 0.3) is 0 Å². The molecule has 128 valence electrons. The fourth-order valence-corrected chi connectivity index (χ4v) is 2.53. The third-order valence-electron chi connectivity index (χ3n) is 3.72. The number of rotatable bonds is 2. The molecule has 3 aromatic rings. The van der Waals surface area contributed by atoms with Crippen LogP contribution in [0.5, 0.6) is 0 Å². The van der Waals surface area contributed by atoms with Crippen molar-refractivity contribution in [1.82, 2.24) is 15.2 Å². The second-order valence-corrected chi connectivity index (χ2v) is 5.26. The second-order valence-electron chi connectivity index (χ2n) is 5.26. The maximum atomic E-state index is 12.8. The molecule has 0 unspecified atom stereocenters. The lowest BCUT2D eigenvalue weighted by molar-refractivity contribution is -0.137. The summed E-state index contributed by atoms with van der Waals surface area (Å²) in [6, 6.07) is 7.98. The summed E-state index contributed by atoms with van der Waals surface area (Å²) in [5.41, 5.74) is 6.00. The van der Waals surface area contributed by atoms with Gasteiger partial charge in [-0.25, -0.2) is 4.98 Å². The highest BCUT2D eigenvalue weighted by atomic mass is 19.4. The zero-order valence-electron chi connectivity index (χ0n) is 13.0. The van der Waals surface area contributed by atoms with Crippen molar-refractivity contribution in [2.24, 2.45) is 0 Å². The van der Waals surface area contributed by atoms with Gasteiger partial charge in [-0.2, -0.15) is 28.8 Å². The van der Waals surface area contributed by atoms with E-state index in [2.05, 4.69) is 15.2 Å². The molecule has 0 radical (unpaired) electrons. The Morgan fingerprint density at radius 3 is 2.15 bits per heavy atom. The van der Waals surface area contributed by atoms with Crippen LogP contribution in [0.25, 0.3) is 22.4 Å². The number of hydrogen-bond acceptors (Lipinski definition) is 5. The number of H-pyrrole nitrogens is 1. The average Bonchev–Trinajstić information content (AvgIpc) is 3.14. The normalized spacial score (nSPS) is 11.0. The molecule has 0 saturated carbocycles. The average molecular weight is 354 g/mol. The van der Waals surface area contributed by atoms with Gasteiger partial charge in [-0.3, -0.25) is 5.10 Å². The molecule has 9 heteroatoms. The molecule has 26 heavy (non-hydrogen) atoms. The predicted octanol–water partition coefficient (Wildman–Crippen LogP) is 3.48. The lowest BCUT2D eigenvalue weighted by atomic mass is 9.92. The molecule has 2 aromatic heterocycles. The molecule has 0 spiro atoms. The third-order valence-corrected chi connectivity index (χ3v) is 3.72. The number of benzene rings is 1. The fourth-order valence-electron chi connectivity index (χ4n) is 2.53. The lowest BCUT2D eigenvalue weighted by Crippen LogP contribution is -2.05. The Balaban J connectivity index is 2.30. The molecule has 3 rings (SSSR count). The number of nitrogens with two attached hydrogens (primary N) is 1. The molecular formula is C17H9F3N6. The highest BCUT2D eigenvalue weighted by Gasteiger charge is 2.30. The third kappa shape index (κ3) is 2.82. The Hall–Kier alpha value is -3.85. The largest absolute Gasteiger partial charge is 0.416 e. The molecule has 0 amide bonds. The van der Waals surface area contributed by atoms with Gasteiger partial charge in [0.1, 0.15) is 23.5 Å². The first-order chi connectivity index (χ1) is 12.4. The minimum absolute atomic E-state index is 0.0249. The van der Waals surface area contributed by atoms with Gasteiger partial charge >= 0.3 is 6.18 Å². The number of nitriles is 2. The van der Waals surface area contributed by atoms with Crippen LogP contribution in [-0.4, -0.2) is 15.2 Å². The molecule has 0 fully saturated rings. The number of hydrogen-bond donors (Lipinski definition) is 2. The smallest absolute Gasteiger partial charge is 0.383 e. The van der Waals surface area contributed by atoms with E-state index in [4.69, 9.17) is 5.73 Å². The molecule has 0 saturated heterocycles. The molecular weight excluding hydrogens is 345 g/mol. The minimum Gasteiger partial charge on any atom is -0.383 e. The summed E-state index contributed by atoms with van der Waals surface area (Å²) in [6.07, 6.45) is -1.58. The quantitative estimate of drug-likeness (QED) is 0.731. The van der Waals surface area contributed by atoms with Gasteiger partial charge in [0.05, 0.1) is 23.0 Å². The zero-order valence-corrected chi connectivity index (χ0v) is 13.0. The van der Waals surface area contributed by atoms with E-state index in [0.29, 0.717) is 5.56 Å². The minimum atomic E-state index is -4.49. The number of alkyl halides is 3. The van der Waals surface area contributed by atoms with E-state index in [9.17, 15) is 23.7 Å². The molecule has 0 bridgehead atoms. The first-order valence-corrected chi connectivity index (χ1v) is 7.17. The van der Waals surface area contributed by atoms with Crippen molar-refractivity contribution in [3.63, 3.8) is 0 Å². The fraction of sp³-hybridized carbons (Fsp3) is 0.0588. The summed E-state index contributed by atoms with van der Waals surface area (Å²) in [5.74, 6) is -0.127. The monoisotopic (exact) mass is 354 g/mol. The van der Waals surface area contributed by atoms with Crippen LogP contribution in [0.15, 0.2) is 36.7 Å². The van der Waals surface area contributed by atoms with Gasteiger partial charge in [-0.15, -0.1) is 0 Å². The first kappa shape index (κ1) is 17.0. The molecule has 2 heterocycles. The number of halogens is 3. The van der Waals surface area contributed by atoms with E-state index in [-0.39, 0.29) is 33.8 Å². The van der Waals surface area contributed by atoms with Crippen molar-refractivity contribution >= 4 is 5.82 Å². The van der Waals surface area contributed by atoms with Crippen LogP contribution in [0, 0.1) is 22.7 Å². The van der Waals surface area contributed by atoms with E-state index < -0.39 is 11.7 Å². The number of aromatic nitrogens is 3. The highest BCUT2D eigenvalue weighted by Crippen LogP contribution is 2.37. The Bertz CT molecular complexity index is 1040. The molecule has 0 aliphatic rings. The SMILES string of the molecule is N#Cc1c(N)nc(-c2cn[nH]c2)c(C#N)c1-c1ccc(C(F)(F)F)cc1. The van der Waals surface area contributed by atoms with Crippen molar-refractivity contribution in [1.29, 1.82) is 10.5 Å². The Kier molecular flexibility index (Phi) is 4.07.